The van der Waals surface area contributed by atoms with Crippen LogP contribution in [0.1, 0.15) is 27.7 Å². The maximum Gasteiger partial charge on any atom is 0.0681 e. The van der Waals surface area contributed by atoms with Crippen LogP contribution in [0.5, 0.6) is 0 Å². The molecular weight excluding hydrogens is 210 g/mol. The Kier molecular flexibility index (Phi) is 8.52. The lowest BCUT2D eigenvalue weighted by atomic mass is 10.2. The molecule has 0 aromatic carbocycles. The van der Waals surface area contributed by atoms with Gasteiger partial charge in [-0.2, -0.15) is 11.8 Å². The SMILES string of the molecule is CCOCC(C)NCCSCC(C)(C)O. The van der Waals surface area contributed by atoms with E-state index in [9.17, 15) is 5.11 Å². The van der Waals surface area contributed by atoms with E-state index >= 15 is 0 Å². The zero-order valence-corrected chi connectivity index (χ0v) is 11.2. The Balaban J connectivity index is 3.23. The topological polar surface area (TPSA) is 41.5 Å². The van der Waals surface area contributed by atoms with Crippen LogP contribution in [-0.2, 0) is 4.74 Å². The lowest BCUT2D eigenvalue weighted by Crippen LogP contribution is -2.32. The van der Waals surface area contributed by atoms with Crippen molar-refractivity contribution >= 4 is 11.8 Å². The van der Waals surface area contributed by atoms with Crippen LogP contribution in [0.4, 0.5) is 0 Å². The molecule has 4 heteroatoms. The minimum Gasteiger partial charge on any atom is -0.390 e. The van der Waals surface area contributed by atoms with Gasteiger partial charge in [-0.1, -0.05) is 0 Å². The van der Waals surface area contributed by atoms with E-state index in [4.69, 9.17) is 4.74 Å². The van der Waals surface area contributed by atoms with Crippen molar-refractivity contribution < 1.29 is 9.84 Å². The van der Waals surface area contributed by atoms with Crippen molar-refractivity contribution in [2.45, 2.75) is 39.3 Å². The Morgan fingerprint density at radius 1 is 1.47 bits per heavy atom. The number of rotatable bonds is 9. The van der Waals surface area contributed by atoms with Gasteiger partial charge >= 0.3 is 0 Å². The summed E-state index contributed by atoms with van der Waals surface area (Å²) in [6, 6.07) is 0.410. The van der Waals surface area contributed by atoms with Gasteiger partial charge < -0.3 is 15.2 Å². The summed E-state index contributed by atoms with van der Waals surface area (Å²) < 4.78 is 5.30. The highest BCUT2D eigenvalue weighted by atomic mass is 32.2. The van der Waals surface area contributed by atoms with Crippen molar-refractivity contribution in [3.05, 3.63) is 0 Å². The molecule has 0 rings (SSSR count). The Labute approximate surface area is 98.0 Å². The summed E-state index contributed by atoms with van der Waals surface area (Å²) in [5.41, 5.74) is -0.554. The smallest absolute Gasteiger partial charge is 0.0681 e. The minimum absolute atomic E-state index is 0.410. The van der Waals surface area contributed by atoms with Gasteiger partial charge in [0.1, 0.15) is 0 Å². The summed E-state index contributed by atoms with van der Waals surface area (Å²) in [7, 11) is 0. The third kappa shape index (κ3) is 12.2. The molecular formula is C11H25NO2S. The zero-order chi connectivity index (χ0) is 11.7. The van der Waals surface area contributed by atoms with Crippen LogP contribution < -0.4 is 5.32 Å². The van der Waals surface area contributed by atoms with Gasteiger partial charge in [0.2, 0.25) is 0 Å². The van der Waals surface area contributed by atoms with Gasteiger partial charge in [0.05, 0.1) is 12.2 Å². The van der Waals surface area contributed by atoms with Crippen LogP contribution in [0.15, 0.2) is 0 Å². The van der Waals surface area contributed by atoms with Crippen LogP contribution >= 0.6 is 11.8 Å². The highest BCUT2D eigenvalue weighted by Crippen LogP contribution is 2.10. The first-order valence-corrected chi connectivity index (χ1v) is 6.72. The van der Waals surface area contributed by atoms with Gasteiger partial charge in [0.15, 0.2) is 0 Å². The van der Waals surface area contributed by atoms with Crippen molar-refractivity contribution in [3.8, 4) is 0 Å². The van der Waals surface area contributed by atoms with Crippen molar-refractivity contribution in [1.82, 2.24) is 5.32 Å². The molecule has 3 nitrogen and oxygen atoms in total. The van der Waals surface area contributed by atoms with Gasteiger partial charge in [0.25, 0.3) is 0 Å². The Morgan fingerprint density at radius 2 is 2.13 bits per heavy atom. The molecule has 0 spiro atoms. The van der Waals surface area contributed by atoms with Gasteiger partial charge in [-0.15, -0.1) is 0 Å². The number of ether oxygens (including phenoxy) is 1. The fourth-order valence-electron chi connectivity index (χ4n) is 1.05. The van der Waals surface area contributed by atoms with E-state index < -0.39 is 5.60 Å². The molecule has 0 saturated carbocycles. The maximum atomic E-state index is 9.48. The molecule has 0 fully saturated rings. The number of nitrogens with one attached hydrogen (secondary N) is 1. The first-order valence-electron chi connectivity index (χ1n) is 5.57. The normalized spacial score (nSPS) is 14.2. The van der Waals surface area contributed by atoms with Crippen LogP contribution in [0.25, 0.3) is 0 Å². The molecule has 0 bridgehead atoms. The average Bonchev–Trinajstić information content (AvgIpc) is 2.12. The molecule has 15 heavy (non-hydrogen) atoms. The van der Waals surface area contributed by atoms with Gasteiger partial charge in [0, 0.05) is 30.7 Å². The molecule has 0 radical (unpaired) electrons. The fourth-order valence-corrected chi connectivity index (χ4v) is 1.96. The molecule has 0 saturated heterocycles. The van der Waals surface area contributed by atoms with Crippen LogP contribution in [-0.4, -0.2) is 48.0 Å². The first-order chi connectivity index (χ1) is 6.95. The summed E-state index contributed by atoms with van der Waals surface area (Å²) in [4.78, 5) is 0. The highest BCUT2D eigenvalue weighted by molar-refractivity contribution is 7.99. The van der Waals surface area contributed by atoms with Crippen molar-refractivity contribution in [3.63, 3.8) is 0 Å². The van der Waals surface area contributed by atoms with Gasteiger partial charge in [-0.3, -0.25) is 0 Å². The second-order valence-corrected chi connectivity index (χ2v) is 5.48. The number of hydrogen-bond acceptors (Lipinski definition) is 4. The molecule has 1 unspecified atom stereocenters. The Bertz CT molecular complexity index is 148. The lowest BCUT2D eigenvalue weighted by molar-refractivity contribution is 0.107. The lowest BCUT2D eigenvalue weighted by Gasteiger charge is -2.17. The molecule has 0 amide bonds. The summed E-state index contributed by atoms with van der Waals surface area (Å²) in [5, 5.41) is 12.9. The maximum absolute atomic E-state index is 9.48. The molecule has 0 aliphatic rings. The summed E-state index contributed by atoms with van der Waals surface area (Å²) in [5.74, 6) is 1.81. The van der Waals surface area contributed by atoms with Crippen molar-refractivity contribution in [2.75, 3.05) is 31.3 Å². The molecule has 0 heterocycles. The quantitative estimate of drug-likeness (QED) is 0.594. The number of aliphatic hydroxyl groups is 1. The van der Waals surface area contributed by atoms with E-state index in [1.807, 2.05) is 20.8 Å². The third-order valence-electron chi connectivity index (χ3n) is 1.77. The molecule has 92 valence electrons. The number of hydrogen-bond donors (Lipinski definition) is 2. The average molecular weight is 235 g/mol. The van der Waals surface area contributed by atoms with Gasteiger partial charge in [-0.25, -0.2) is 0 Å². The van der Waals surface area contributed by atoms with Gasteiger partial charge in [-0.05, 0) is 27.7 Å². The Hall–Kier alpha value is 0.230. The second kappa shape index (κ2) is 8.39. The predicted molar refractivity (Wildman–Crippen MR) is 67.6 cm³/mol. The van der Waals surface area contributed by atoms with E-state index in [0.717, 1.165) is 31.3 Å². The second-order valence-electron chi connectivity index (χ2n) is 4.38. The molecule has 0 aliphatic heterocycles. The molecule has 1 atom stereocenters. The van der Waals surface area contributed by atoms with Crippen LogP contribution in [0.3, 0.4) is 0 Å². The molecule has 0 aromatic rings. The molecule has 0 aromatic heterocycles. The number of thioether (sulfide) groups is 1. The van der Waals surface area contributed by atoms with Crippen LogP contribution in [0.2, 0.25) is 0 Å². The third-order valence-corrected chi connectivity index (χ3v) is 3.17. The molecule has 0 aliphatic carbocycles. The minimum atomic E-state index is -0.554. The zero-order valence-electron chi connectivity index (χ0n) is 10.4. The van der Waals surface area contributed by atoms with Crippen molar-refractivity contribution in [2.24, 2.45) is 0 Å². The summed E-state index contributed by atoms with van der Waals surface area (Å²) >= 11 is 1.77. The van der Waals surface area contributed by atoms with E-state index in [2.05, 4.69) is 12.2 Å². The standard InChI is InChI=1S/C11H25NO2S/c1-5-14-8-10(2)12-6-7-15-9-11(3,4)13/h10,12-13H,5-9H2,1-4H3. The first kappa shape index (κ1) is 15.2. The Morgan fingerprint density at radius 3 is 2.67 bits per heavy atom. The van der Waals surface area contributed by atoms with Crippen LogP contribution in [0, 0.1) is 0 Å². The summed E-state index contributed by atoms with van der Waals surface area (Å²) in [6.45, 7) is 10.3. The highest BCUT2D eigenvalue weighted by Gasteiger charge is 2.11. The van der Waals surface area contributed by atoms with E-state index in [1.165, 1.54) is 0 Å². The largest absolute Gasteiger partial charge is 0.390 e. The van der Waals surface area contributed by atoms with E-state index in [-0.39, 0.29) is 0 Å². The van der Waals surface area contributed by atoms with E-state index in [0.29, 0.717) is 6.04 Å². The van der Waals surface area contributed by atoms with Crippen molar-refractivity contribution in [1.29, 1.82) is 0 Å². The monoisotopic (exact) mass is 235 g/mol. The van der Waals surface area contributed by atoms with E-state index in [1.54, 1.807) is 11.8 Å². The molecule has 2 N–H and O–H groups in total. The fraction of sp³-hybridized carbons (Fsp3) is 1.00. The predicted octanol–water partition coefficient (Wildman–Crippen LogP) is 1.51. The summed E-state index contributed by atoms with van der Waals surface area (Å²) in [6.07, 6.45) is 0.